The minimum absolute atomic E-state index is 0.218. The highest BCUT2D eigenvalue weighted by atomic mass is 16.5. The lowest BCUT2D eigenvalue weighted by Gasteiger charge is -2.09. The minimum atomic E-state index is -0.231. The smallest absolute Gasteiger partial charge is 0.244 e. The summed E-state index contributed by atoms with van der Waals surface area (Å²) in [6.07, 6.45) is 8.16. The molecule has 100 valence electrons. The molecule has 0 aliphatic rings. The van der Waals surface area contributed by atoms with E-state index in [1.54, 1.807) is 25.3 Å². The summed E-state index contributed by atoms with van der Waals surface area (Å²) in [7, 11) is 1.57. The van der Waals surface area contributed by atoms with E-state index in [1.807, 2.05) is 13.0 Å². The molecular weight excluding hydrogens is 242 g/mol. The van der Waals surface area contributed by atoms with Crippen LogP contribution in [0, 0.1) is 12.3 Å². The molecule has 0 atom stereocenters. The SMILES string of the molecule is C#CCNC(=O)/C=C/c1ccc(OCC)c(OC)c1. The van der Waals surface area contributed by atoms with E-state index in [2.05, 4.69) is 11.2 Å². The van der Waals surface area contributed by atoms with Gasteiger partial charge < -0.3 is 14.8 Å². The first-order valence-corrected chi connectivity index (χ1v) is 5.91. The molecule has 0 saturated heterocycles. The minimum Gasteiger partial charge on any atom is -0.493 e. The van der Waals surface area contributed by atoms with Gasteiger partial charge in [-0.05, 0) is 30.7 Å². The van der Waals surface area contributed by atoms with E-state index in [-0.39, 0.29) is 12.5 Å². The van der Waals surface area contributed by atoms with Crippen LogP contribution in [-0.4, -0.2) is 26.2 Å². The normalized spacial score (nSPS) is 9.95. The highest BCUT2D eigenvalue weighted by molar-refractivity contribution is 5.91. The van der Waals surface area contributed by atoms with Crippen LogP contribution in [0.3, 0.4) is 0 Å². The molecular formula is C15H17NO3. The van der Waals surface area contributed by atoms with Gasteiger partial charge in [0.15, 0.2) is 11.5 Å². The van der Waals surface area contributed by atoms with Crippen molar-refractivity contribution in [2.24, 2.45) is 0 Å². The van der Waals surface area contributed by atoms with Gasteiger partial charge in [0.2, 0.25) is 5.91 Å². The Hall–Kier alpha value is -2.41. The van der Waals surface area contributed by atoms with E-state index >= 15 is 0 Å². The summed E-state index contributed by atoms with van der Waals surface area (Å²) in [5.41, 5.74) is 0.844. The molecule has 0 aliphatic carbocycles. The van der Waals surface area contributed by atoms with Crippen molar-refractivity contribution < 1.29 is 14.3 Å². The third-order valence-electron chi connectivity index (χ3n) is 2.28. The number of carbonyl (C=O) groups is 1. The Bertz CT molecular complexity index is 501. The molecule has 4 heteroatoms. The van der Waals surface area contributed by atoms with E-state index in [4.69, 9.17) is 15.9 Å². The van der Waals surface area contributed by atoms with Gasteiger partial charge in [0, 0.05) is 6.08 Å². The summed E-state index contributed by atoms with van der Waals surface area (Å²) >= 11 is 0. The molecule has 0 aromatic heterocycles. The number of amides is 1. The number of hydrogen-bond acceptors (Lipinski definition) is 3. The van der Waals surface area contributed by atoms with Crippen LogP contribution in [0.15, 0.2) is 24.3 Å². The van der Waals surface area contributed by atoms with Crippen LogP contribution in [0.1, 0.15) is 12.5 Å². The molecule has 1 amide bonds. The van der Waals surface area contributed by atoms with Crippen molar-refractivity contribution in [3.05, 3.63) is 29.8 Å². The van der Waals surface area contributed by atoms with Crippen molar-refractivity contribution in [1.82, 2.24) is 5.32 Å². The van der Waals surface area contributed by atoms with E-state index in [0.717, 1.165) is 5.56 Å². The third kappa shape index (κ3) is 4.76. The molecule has 0 heterocycles. The maximum Gasteiger partial charge on any atom is 0.244 e. The molecule has 1 aromatic rings. The van der Waals surface area contributed by atoms with Crippen LogP contribution >= 0.6 is 0 Å². The highest BCUT2D eigenvalue weighted by Gasteiger charge is 2.03. The first kappa shape index (κ1) is 14.7. The number of hydrogen-bond donors (Lipinski definition) is 1. The van der Waals surface area contributed by atoms with Gasteiger partial charge in [-0.3, -0.25) is 4.79 Å². The first-order valence-electron chi connectivity index (χ1n) is 5.91. The van der Waals surface area contributed by atoms with E-state index < -0.39 is 0 Å². The summed E-state index contributed by atoms with van der Waals surface area (Å²) in [4.78, 5) is 11.3. The summed E-state index contributed by atoms with van der Waals surface area (Å²) in [6.45, 7) is 2.69. The summed E-state index contributed by atoms with van der Waals surface area (Å²) in [5.74, 6) is 3.42. The zero-order chi connectivity index (χ0) is 14.1. The van der Waals surface area contributed by atoms with Gasteiger partial charge in [-0.2, -0.15) is 0 Å². The Morgan fingerprint density at radius 2 is 2.26 bits per heavy atom. The van der Waals surface area contributed by atoms with Gasteiger partial charge in [0.05, 0.1) is 20.3 Å². The lowest BCUT2D eigenvalue weighted by Crippen LogP contribution is -2.20. The number of methoxy groups -OCH3 is 1. The number of ether oxygens (including phenoxy) is 2. The monoisotopic (exact) mass is 259 g/mol. The van der Waals surface area contributed by atoms with Crippen molar-refractivity contribution in [3.63, 3.8) is 0 Å². The van der Waals surface area contributed by atoms with E-state index in [9.17, 15) is 4.79 Å². The van der Waals surface area contributed by atoms with Crippen LogP contribution in [0.4, 0.5) is 0 Å². The molecule has 0 saturated carbocycles. The predicted molar refractivity (Wildman–Crippen MR) is 75.0 cm³/mol. The number of carbonyl (C=O) groups excluding carboxylic acids is 1. The summed E-state index contributed by atoms with van der Waals surface area (Å²) < 4.78 is 10.6. The van der Waals surface area contributed by atoms with Gasteiger partial charge >= 0.3 is 0 Å². The van der Waals surface area contributed by atoms with E-state index in [0.29, 0.717) is 18.1 Å². The largest absolute Gasteiger partial charge is 0.493 e. The van der Waals surface area contributed by atoms with Gasteiger partial charge in [0.25, 0.3) is 0 Å². The molecule has 0 aliphatic heterocycles. The predicted octanol–water partition coefficient (Wildman–Crippen LogP) is 1.86. The molecule has 0 radical (unpaired) electrons. The van der Waals surface area contributed by atoms with Gasteiger partial charge in [0.1, 0.15) is 0 Å². The van der Waals surface area contributed by atoms with E-state index in [1.165, 1.54) is 6.08 Å². The number of rotatable bonds is 6. The van der Waals surface area contributed by atoms with Crippen LogP contribution in [-0.2, 0) is 4.79 Å². The Labute approximate surface area is 113 Å². The molecule has 0 bridgehead atoms. The fraction of sp³-hybridized carbons (Fsp3) is 0.267. The molecule has 0 unspecified atom stereocenters. The highest BCUT2D eigenvalue weighted by Crippen LogP contribution is 2.28. The van der Waals surface area contributed by atoms with Crippen molar-refractivity contribution in [1.29, 1.82) is 0 Å². The Morgan fingerprint density at radius 3 is 2.89 bits per heavy atom. The average molecular weight is 259 g/mol. The van der Waals surface area contributed by atoms with Crippen molar-refractivity contribution >= 4 is 12.0 Å². The molecule has 1 rings (SSSR count). The quantitative estimate of drug-likeness (QED) is 0.626. The number of nitrogens with one attached hydrogen (secondary N) is 1. The Morgan fingerprint density at radius 1 is 1.47 bits per heavy atom. The second-order valence-corrected chi connectivity index (χ2v) is 3.60. The lowest BCUT2D eigenvalue weighted by atomic mass is 10.2. The maximum atomic E-state index is 11.3. The first-order chi connectivity index (χ1) is 9.21. The van der Waals surface area contributed by atoms with Crippen LogP contribution in [0.5, 0.6) is 11.5 Å². The molecule has 0 spiro atoms. The Balaban J connectivity index is 2.77. The molecule has 1 N–H and O–H groups in total. The average Bonchev–Trinajstić information content (AvgIpc) is 2.44. The van der Waals surface area contributed by atoms with Crippen LogP contribution in [0.25, 0.3) is 6.08 Å². The van der Waals surface area contributed by atoms with Gasteiger partial charge in [-0.25, -0.2) is 0 Å². The van der Waals surface area contributed by atoms with Crippen LogP contribution in [0.2, 0.25) is 0 Å². The fourth-order valence-corrected chi connectivity index (χ4v) is 1.43. The fourth-order valence-electron chi connectivity index (χ4n) is 1.43. The van der Waals surface area contributed by atoms with Gasteiger partial charge in [-0.15, -0.1) is 6.42 Å². The summed E-state index contributed by atoms with van der Waals surface area (Å²) in [6, 6.07) is 5.45. The number of benzene rings is 1. The molecule has 1 aromatic carbocycles. The van der Waals surface area contributed by atoms with Crippen molar-refractivity contribution in [3.8, 4) is 23.8 Å². The lowest BCUT2D eigenvalue weighted by molar-refractivity contribution is -0.116. The van der Waals surface area contributed by atoms with Gasteiger partial charge in [-0.1, -0.05) is 12.0 Å². The number of terminal acetylenes is 1. The maximum absolute atomic E-state index is 11.3. The second kappa shape index (κ2) is 7.83. The molecule has 4 nitrogen and oxygen atoms in total. The standard InChI is InChI=1S/C15H17NO3/c1-4-10-16-15(17)9-7-12-6-8-13(19-5-2)14(11-12)18-3/h1,6-9,11H,5,10H2,2-3H3,(H,16,17)/b9-7+. The Kier molecular flexibility index (Phi) is 6.04. The zero-order valence-corrected chi connectivity index (χ0v) is 11.1. The van der Waals surface area contributed by atoms with Crippen molar-refractivity contribution in [2.75, 3.05) is 20.3 Å². The van der Waals surface area contributed by atoms with Crippen LogP contribution < -0.4 is 14.8 Å². The summed E-state index contributed by atoms with van der Waals surface area (Å²) in [5, 5.41) is 2.55. The second-order valence-electron chi connectivity index (χ2n) is 3.60. The van der Waals surface area contributed by atoms with Crippen molar-refractivity contribution in [2.45, 2.75) is 6.92 Å². The molecule has 0 fully saturated rings. The molecule has 19 heavy (non-hydrogen) atoms. The zero-order valence-electron chi connectivity index (χ0n) is 11.1. The third-order valence-corrected chi connectivity index (χ3v) is 2.28. The topological polar surface area (TPSA) is 47.6 Å².